The van der Waals surface area contributed by atoms with Crippen LogP contribution in [0.2, 0.25) is 0 Å². The number of nitrogens with zero attached hydrogens (tertiary/aromatic N) is 1. The fourth-order valence-electron chi connectivity index (χ4n) is 4.05. The lowest BCUT2D eigenvalue weighted by molar-refractivity contribution is 0.0593. The summed E-state index contributed by atoms with van der Waals surface area (Å²) >= 11 is 1.66. The van der Waals surface area contributed by atoms with Gasteiger partial charge in [0.05, 0.1) is 23.1 Å². The number of thioether (sulfide) groups is 1. The van der Waals surface area contributed by atoms with Gasteiger partial charge < -0.3 is 14.1 Å². The molecule has 6 heteroatoms. The van der Waals surface area contributed by atoms with E-state index in [0.717, 1.165) is 16.0 Å². The molecule has 162 valence electrons. The molecule has 4 rings (SSSR count). The Kier molecular flexibility index (Phi) is 6.21. The average molecular weight is 438 g/mol. The Morgan fingerprint density at radius 3 is 2.55 bits per heavy atom. The van der Waals surface area contributed by atoms with Crippen molar-refractivity contribution in [2.24, 2.45) is 0 Å². The topological polar surface area (TPSA) is 59.8 Å². The zero-order chi connectivity index (χ0) is 22.1. The molecule has 0 aliphatic carbocycles. The van der Waals surface area contributed by atoms with Gasteiger partial charge in [0.1, 0.15) is 5.58 Å². The van der Waals surface area contributed by atoms with Crippen LogP contribution in [0.15, 0.2) is 56.6 Å². The predicted molar refractivity (Wildman–Crippen MR) is 124 cm³/mol. The number of fused-ring (bicyclic) bond motifs is 2. The molecule has 2 aromatic carbocycles. The van der Waals surface area contributed by atoms with Crippen molar-refractivity contribution in [1.29, 1.82) is 0 Å². The van der Waals surface area contributed by atoms with Crippen molar-refractivity contribution < 1.29 is 13.9 Å². The maximum absolute atomic E-state index is 13.5. The summed E-state index contributed by atoms with van der Waals surface area (Å²) in [6.45, 7) is 6.96. The van der Waals surface area contributed by atoms with Gasteiger partial charge in [-0.2, -0.15) is 0 Å². The second-order valence-corrected chi connectivity index (χ2v) is 9.00. The van der Waals surface area contributed by atoms with E-state index in [1.54, 1.807) is 22.7 Å². The van der Waals surface area contributed by atoms with E-state index in [9.17, 15) is 9.59 Å². The molecule has 0 spiro atoms. The molecule has 1 amide bonds. The Morgan fingerprint density at radius 1 is 1.13 bits per heavy atom. The largest absolute Gasteiger partial charge is 0.450 e. The molecule has 2 heterocycles. The summed E-state index contributed by atoms with van der Waals surface area (Å²) in [6.07, 6.45) is 2.84. The lowest BCUT2D eigenvalue weighted by atomic mass is 9.98. The van der Waals surface area contributed by atoms with E-state index in [-0.39, 0.29) is 23.2 Å². The predicted octanol–water partition coefficient (Wildman–Crippen LogP) is 5.18. The summed E-state index contributed by atoms with van der Waals surface area (Å²) < 4.78 is 11.7. The highest BCUT2D eigenvalue weighted by Gasteiger charge is 2.42. The number of hydrogen-bond acceptors (Lipinski definition) is 5. The van der Waals surface area contributed by atoms with Crippen molar-refractivity contribution >= 4 is 28.6 Å². The van der Waals surface area contributed by atoms with Crippen molar-refractivity contribution in [3.05, 3.63) is 75.1 Å². The Balaban J connectivity index is 1.81. The third-order valence-electron chi connectivity index (χ3n) is 5.55. The van der Waals surface area contributed by atoms with Gasteiger partial charge in [-0.15, -0.1) is 11.8 Å². The van der Waals surface area contributed by atoms with Gasteiger partial charge in [-0.1, -0.05) is 23.8 Å². The number of aryl methyl sites for hydroxylation is 1. The quantitative estimate of drug-likeness (QED) is 0.376. The number of hydrogen-bond donors (Lipinski definition) is 0. The first-order valence-electron chi connectivity index (χ1n) is 10.5. The van der Waals surface area contributed by atoms with Crippen LogP contribution >= 0.6 is 11.8 Å². The molecule has 0 unspecified atom stereocenters. The molecule has 1 aliphatic heterocycles. The van der Waals surface area contributed by atoms with Gasteiger partial charge in [-0.3, -0.25) is 9.59 Å². The first kappa shape index (κ1) is 21.7. The number of carbonyl (C=O) groups is 1. The summed E-state index contributed by atoms with van der Waals surface area (Å²) in [7, 11) is 0. The monoisotopic (exact) mass is 437 g/mol. The summed E-state index contributed by atoms with van der Waals surface area (Å²) in [6, 6.07) is 13.1. The highest BCUT2D eigenvalue weighted by atomic mass is 32.2. The van der Waals surface area contributed by atoms with Crippen molar-refractivity contribution in [1.82, 2.24) is 4.90 Å². The summed E-state index contributed by atoms with van der Waals surface area (Å²) in [5, 5.41) is 0.516. The molecule has 31 heavy (non-hydrogen) atoms. The van der Waals surface area contributed by atoms with Crippen LogP contribution in [0, 0.1) is 6.92 Å². The minimum Gasteiger partial charge on any atom is -0.450 e. The van der Waals surface area contributed by atoms with Crippen LogP contribution in [0.3, 0.4) is 0 Å². The fourth-order valence-corrected chi connectivity index (χ4v) is 4.46. The van der Waals surface area contributed by atoms with E-state index in [2.05, 4.69) is 0 Å². The minimum atomic E-state index is -0.460. The lowest BCUT2D eigenvalue weighted by Gasteiger charge is -2.25. The van der Waals surface area contributed by atoms with Crippen LogP contribution in [-0.4, -0.2) is 36.3 Å². The van der Waals surface area contributed by atoms with Gasteiger partial charge in [-0.05, 0) is 63.3 Å². The van der Waals surface area contributed by atoms with Crippen LogP contribution in [0.25, 0.3) is 11.0 Å². The first-order valence-corrected chi connectivity index (χ1v) is 11.8. The maximum atomic E-state index is 13.5. The van der Waals surface area contributed by atoms with Gasteiger partial charge in [0.25, 0.3) is 5.91 Å². The smallest absolute Gasteiger partial charge is 0.290 e. The van der Waals surface area contributed by atoms with E-state index in [4.69, 9.17) is 9.15 Å². The molecule has 1 aliphatic rings. The Hall–Kier alpha value is -2.57. The number of rotatable bonds is 7. The van der Waals surface area contributed by atoms with Gasteiger partial charge in [0.15, 0.2) is 5.43 Å². The second-order valence-electron chi connectivity index (χ2n) is 8.12. The highest BCUT2D eigenvalue weighted by Crippen LogP contribution is 2.38. The zero-order valence-corrected chi connectivity index (χ0v) is 19.1. The molecule has 5 nitrogen and oxygen atoms in total. The first-order chi connectivity index (χ1) is 14.9. The summed E-state index contributed by atoms with van der Waals surface area (Å²) in [5.41, 5.74) is 2.64. The van der Waals surface area contributed by atoms with Crippen molar-refractivity contribution in [2.75, 3.05) is 19.4 Å². The Morgan fingerprint density at radius 2 is 1.87 bits per heavy atom. The van der Waals surface area contributed by atoms with E-state index in [1.165, 1.54) is 0 Å². The van der Waals surface area contributed by atoms with Crippen LogP contribution in [0.1, 0.15) is 53.6 Å². The third kappa shape index (κ3) is 4.14. The summed E-state index contributed by atoms with van der Waals surface area (Å²) in [5.74, 6) is -0.0804. The van der Waals surface area contributed by atoms with Gasteiger partial charge >= 0.3 is 0 Å². The highest BCUT2D eigenvalue weighted by molar-refractivity contribution is 7.98. The fraction of sp³-hybridized carbons (Fsp3) is 0.360. The van der Waals surface area contributed by atoms with Crippen molar-refractivity contribution in [3.8, 4) is 0 Å². The lowest BCUT2D eigenvalue weighted by Crippen LogP contribution is -2.31. The number of amides is 1. The molecular formula is C25H27NO4S. The average Bonchev–Trinajstić information content (AvgIpc) is 3.04. The zero-order valence-electron chi connectivity index (χ0n) is 18.3. The Bertz CT molecular complexity index is 1170. The minimum absolute atomic E-state index is 0.131. The van der Waals surface area contributed by atoms with Crippen molar-refractivity contribution in [2.45, 2.75) is 44.2 Å². The molecule has 0 saturated heterocycles. The second kappa shape index (κ2) is 8.89. The molecule has 0 bridgehead atoms. The van der Waals surface area contributed by atoms with E-state index >= 15 is 0 Å². The number of carbonyl (C=O) groups excluding carboxylic acids is 1. The normalized spacial score (nSPS) is 15.8. The molecule has 0 fully saturated rings. The SMILES string of the molecule is CSc1ccc([C@@H]2c3c(oc4ccc(C)cc4c3=O)C(=O)N2CCCOC(C)C)cc1. The van der Waals surface area contributed by atoms with E-state index < -0.39 is 6.04 Å². The number of benzene rings is 2. The number of ether oxygens (including phenoxy) is 1. The Labute approximate surface area is 186 Å². The van der Waals surface area contributed by atoms with Crippen molar-refractivity contribution in [3.63, 3.8) is 0 Å². The van der Waals surface area contributed by atoms with Crippen LogP contribution < -0.4 is 5.43 Å². The molecule has 0 N–H and O–H groups in total. The van der Waals surface area contributed by atoms with Gasteiger partial charge in [0.2, 0.25) is 5.76 Å². The van der Waals surface area contributed by atoms with Crippen LogP contribution in [-0.2, 0) is 4.74 Å². The van der Waals surface area contributed by atoms with E-state index in [1.807, 2.05) is 63.4 Å². The molecule has 1 atom stereocenters. The van der Waals surface area contributed by atoms with Crippen LogP contribution in [0.4, 0.5) is 0 Å². The molecular weight excluding hydrogens is 410 g/mol. The standard InChI is InChI=1S/C25H27NO4S/c1-15(2)29-13-5-12-26-22(17-7-9-18(31-4)10-8-17)21-23(27)19-14-16(3)6-11-20(19)30-24(21)25(26)28/h6-11,14-15,22H,5,12-13H2,1-4H3/t22-/m1/s1. The molecule has 3 aromatic rings. The maximum Gasteiger partial charge on any atom is 0.290 e. The molecule has 1 aromatic heterocycles. The molecule has 0 saturated carbocycles. The van der Waals surface area contributed by atoms with Crippen LogP contribution in [0.5, 0.6) is 0 Å². The molecule has 0 radical (unpaired) electrons. The summed E-state index contributed by atoms with van der Waals surface area (Å²) in [4.78, 5) is 29.7. The van der Waals surface area contributed by atoms with Gasteiger partial charge in [-0.25, -0.2) is 0 Å². The third-order valence-corrected chi connectivity index (χ3v) is 6.29. The van der Waals surface area contributed by atoms with Gasteiger partial charge in [0, 0.05) is 18.0 Å². The van der Waals surface area contributed by atoms with E-state index in [0.29, 0.717) is 36.1 Å².